The van der Waals surface area contributed by atoms with Crippen LogP contribution in [-0.4, -0.2) is 9.55 Å². The van der Waals surface area contributed by atoms with E-state index in [0.717, 1.165) is 16.7 Å². The number of para-hydroxylation sites is 1. The van der Waals surface area contributed by atoms with Gasteiger partial charge < -0.3 is 0 Å². The second-order valence-corrected chi connectivity index (χ2v) is 6.71. The summed E-state index contributed by atoms with van der Waals surface area (Å²) in [5, 5.41) is 1.25. The Morgan fingerprint density at radius 1 is 0.923 bits per heavy atom. The fraction of sp³-hybridized carbons (Fsp3) is 0.0909. The van der Waals surface area contributed by atoms with Gasteiger partial charge in [-0.05, 0) is 30.7 Å². The van der Waals surface area contributed by atoms with E-state index in [1.54, 1.807) is 4.57 Å². The summed E-state index contributed by atoms with van der Waals surface area (Å²) in [4.78, 5) is 18.0. The van der Waals surface area contributed by atoms with E-state index >= 15 is 0 Å². The van der Waals surface area contributed by atoms with Gasteiger partial charge in [0.25, 0.3) is 5.56 Å². The number of nitrogens with zero attached hydrogens (tertiary/aromatic N) is 2. The molecule has 1 heterocycles. The molecular formula is C22H17ClN2O. The molecule has 3 nitrogen and oxygen atoms in total. The van der Waals surface area contributed by atoms with Gasteiger partial charge in [0.05, 0.1) is 17.4 Å². The summed E-state index contributed by atoms with van der Waals surface area (Å²) in [5.74, 6) is 0.647. The van der Waals surface area contributed by atoms with E-state index in [1.165, 1.54) is 0 Å². The van der Waals surface area contributed by atoms with E-state index in [-0.39, 0.29) is 5.56 Å². The molecule has 0 spiro atoms. The van der Waals surface area contributed by atoms with Crippen molar-refractivity contribution in [3.63, 3.8) is 0 Å². The molecule has 0 radical (unpaired) electrons. The topological polar surface area (TPSA) is 34.9 Å². The Kier molecular flexibility index (Phi) is 4.31. The molecule has 0 saturated carbocycles. The van der Waals surface area contributed by atoms with Gasteiger partial charge in [-0.3, -0.25) is 9.36 Å². The van der Waals surface area contributed by atoms with Gasteiger partial charge in [0.2, 0.25) is 0 Å². The highest BCUT2D eigenvalue weighted by molar-refractivity contribution is 6.31. The van der Waals surface area contributed by atoms with E-state index in [4.69, 9.17) is 16.6 Å². The van der Waals surface area contributed by atoms with Crippen LogP contribution in [0.15, 0.2) is 77.6 Å². The van der Waals surface area contributed by atoms with Gasteiger partial charge in [0.15, 0.2) is 0 Å². The van der Waals surface area contributed by atoms with Crippen molar-refractivity contribution in [3.05, 3.63) is 99.3 Å². The van der Waals surface area contributed by atoms with Crippen molar-refractivity contribution in [3.8, 4) is 11.4 Å². The zero-order valence-corrected chi connectivity index (χ0v) is 15.1. The molecular weight excluding hydrogens is 344 g/mol. The number of fused-ring (bicyclic) bond motifs is 1. The Hall–Kier alpha value is -2.91. The maximum absolute atomic E-state index is 13.2. The van der Waals surface area contributed by atoms with Crippen molar-refractivity contribution in [2.75, 3.05) is 0 Å². The number of aryl methyl sites for hydroxylation is 1. The van der Waals surface area contributed by atoms with Gasteiger partial charge in [-0.25, -0.2) is 4.98 Å². The monoisotopic (exact) mass is 360 g/mol. The van der Waals surface area contributed by atoms with Crippen LogP contribution in [-0.2, 0) is 6.54 Å². The molecule has 0 unspecified atom stereocenters. The highest BCUT2D eigenvalue weighted by Gasteiger charge is 2.14. The molecule has 0 saturated heterocycles. The molecule has 0 N–H and O–H groups in total. The van der Waals surface area contributed by atoms with E-state index in [9.17, 15) is 4.79 Å². The van der Waals surface area contributed by atoms with E-state index in [2.05, 4.69) is 0 Å². The number of hydrogen-bond donors (Lipinski definition) is 0. The molecule has 26 heavy (non-hydrogen) atoms. The Labute approximate surface area is 156 Å². The lowest BCUT2D eigenvalue weighted by Crippen LogP contribution is -2.24. The fourth-order valence-corrected chi connectivity index (χ4v) is 3.23. The highest BCUT2D eigenvalue weighted by Crippen LogP contribution is 2.22. The van der Waals surface area contributed by atoms with Gasteiger partial charge in [-0.2, -0.15) is 0 Å². The zero-order chi connectivity index (χ0) is 18.1. The number of hydrogen-bond acceptors (Lipinski definition) is 2. The van der Waals surface area contributed by atoms with Crippen LogP contribution in [0.3, 0.4) is 0 Å². The van der Waals surface area contributed by atoms with Crippen LogP contribution in [0.4, 0.5) is 0 Å². The third-order valence-electron chi connectivity index (χ3n) is 4.46. The van der Waals surface area contributed by atoms with Gasteiger partial charge in [0, 0.05) is 10.6 Å². The predicted octanol–water partition coefficient (Wildman–Crippen LogP) is 5.07. The quantitative estimate of drug-likeness (QED) is 0.511. The molecule has 1 aromatic heterocycles. The molecule has 3 aromatic carbocycles. The summed E-state index contributed by atoms with van der Waals surface area (Å²) < 4.78 is 1.70. The summed E-state index contributed by atoms with van der Waals surface area (Å²) in [6, 6.07) is 23.0. The van der Waals surface area contributed by atoms with Crippen LogP contribution in [0.1, 0.15) is 11.1 Å². The van der Waals surface area contributed by atoms with Crippen molar-refractivity contribution in [2.24, 2.45) is 0 Å². The lowest BCUT2D eigenvalue weighted by atomic mass is 10.1. The van der Waals surface area contributed by atoms with Gasteiger partial charge in [0.1, 0.15) is 5.82 Å². The molecule has 128 valence electrons. The average molecular weight is 361 g/mol. The SMILES string of the molecule is Cc1ccc(-c2nc3ccccc3c(=O)n2Cc2ccccc2Cl)cc1. The molecule has 4 heteroatoms. The molecule has 0 aliphatic rings. The Morgan fingerprint density at radius 2 is 1.62 bits per heavy atom. The maximum atomic E-state index is 13.2. The first-order chi connectivity index (χ1) is 12.6. The molecule has 0 aliphatic heterocycles. The molecule has 4 rings (SSSR count). The Morgan fingerprint density at radius 3 is 2.38 bits per heavy atom. The first-order valence-electron chi connectivity index (χ1n) is 8.43. The normalized spacial score (nSPS) is 11.0. The van der Waals surface area contributed by atoms with Gasteiger partial charge >= 0.3 is 0 Å². The highest BCUT2D eigenvalue weighted by atomic mass is 35.5. The summed E-state index contributed by atoms with van der Waals surface area (Å²) in [6.07, 6.45) is 0. The van der Waals surface area contributed by atoms with Crippen molar-refractivity contribution in [2.45, 2.75) is 13.5 Å². The summed E-state index contributed by atoms with van der Waals surface area (Å²) in [7, 11) is 0. The van der Waals surface area contributed by atoms with Gasteiger partial charge in [-0.15, -0.1) is 0 Å². The van der Waals surface area contributed by atoms with Crippen molar-refractivity contribution in [1.29, 1.82) is 0 Å². The van der Waals surface area contributed by atoms with Crippen LogP contribution in [0, 0.1) is 6.92 Å². The van der Waals surface area contributed by atoms with E-state index < -0.39 is 0 Å². The number of benzene rings is 3. The average Bonchev–Trinajstić information content (AvgIpc) is 2.66. The molecule has 0 fully saturated rings. The number of halogens is 1. The number of rotatable bonds is 3. The third-order valence-corrected chi connectivity index (χ3v) is 4.83. The van der Waals surface area contributed by atoms with Crippen LogP contribution >= 0.6 is 11.6 Å². The van der Waals surface area contributed by atoms with Crippen LogP contribution in [0.5, 0.6) is 0 Å². The molecule has 0 bridgehead atoms. The first-order valence-corrected chi connectivity index (χ1v) is 8.81. The minimum absolute atomic E-state index is 0.0638. The zero-order valence-electron chi connectivity index (χ0n) is 14.3. The Balaban J connectivity index is 1.98. The smallest absolute Gasteiger partial charge is 0.261 e. The Bertz CT molecular complexity index is 1150. The van der Waals surface area contributed by atoms with E-state index in [1.807, 2.05) is 79.7 Å². The van der Waals surface area contributed by atoms with Crippen molar-refractivity contribution in [1.82, 2.24) is 9.55 Å². The van der Waals surface area contributed by atoms with Crippen LogP contribution < -0.4 is 5.56 Å². The standard InChI is InChI=1S/C22H17ClN2O/c1-15-10-12-16(13-11-15)21-24-20-9-5-3-7-18(20)22(26)25(21)14-17-6-2-4-8-19(17)23/h2-13H,14H2,1H3. The largest absolute Gasteiger partial charge is 0.288 e. The minimum Gasteiger partial charge on any atom is -0.288 e. The summed E-state index contributed by atoms with van der Waals surface area (Å²) in [6.45, 7) is 2.41. The molecule has 4 aromatic rings. The van der Waals surface area contributed by atoms with Crippen molar-refractivity contribution < 1.29 is 0 Å². The minimum atomic E-state index is -0.0638. The summed E-state index contributed by atoms with van der Waals surface area (Å²) in [5.41, 5.74) is 3.59. The lowest BCUT2D eigenvalue weighted by molar-refractivity contribution is 0.759. The van der Waals surface area contributed by atoms with Crippen molar-refractivity contribution >= 4 is 22.5 Å². The second kappa shape index (κ2) is 6.77. The fourth-order valence-electron chi connectivity index (χ4n) is 3.03. The van der Waals surface area contributed by atoms with Crippen LogP contribution in [0.25, 0.3) is 22.3 Å². The second-order valence-electron chi connectivity index (χ2n) is 6.30. The molecule has 0 atom stereocenters. The molecule has 0 aliphatic carbocycles. The maximum Gasteiger partial charge on any atom is 0.261 e. The third kappa shape index (κ3) is 3.02. The van der Waals surface area contributed by atoms with E-state index in [0.29, 0.717) is 28.3 Å². The van der Waals surface area contributed by atoms with Crippen LogP contribution in [0.2, 0.25) is 5.02 Å². The van der Waals surface area contributed by atoms with Gasteiger partial charge in [-0.1, -0.05) is 71.8 Å². The predicted molar refractivity (Wildman–Crippen MR) is 107 cm³/mol. The number of aromatic nitrogens is 2. The summed E-state index contributed by atoms with van der Waals surface area (Å²) >= 11 is 6.33. The lowest BCUT2D eigenvalue weighted by Gasteiger charge is -2.15. The molecule has 0 amide bonds. The first kappa shape index (κ1) is 16.6.